The summed E-state index contributed by atoms with van der Waals surface area (Å²) in [6.07, 6.45) is 0. The van der Waals surface area contributed by atoms with E-state index in [1.807, 2.05) is 27.7 Å². The summed E-state index contributed by atoms with van der Waals surface area (Å²) < 4.78 is 5.18. The third-order valence-corrected chi connectivity index (χ3v) is 2.67. The van der Waals surface area contributed by atoms with Gasteiger partial charge >= 0.3 is 0 Å². The highest BCUT2D eigenvalue weighted by Crippen LogP contribution is 2.06. The summed E-state index contributed by atoms with van der Waals surface area (Å²) in [5, 5.41) is 0. The van der Waals surface area contributed by atoms with Crippen LogP contribution in [-0.4, -0.2) is 62.8 Å². The molecule has 0 amide bonds. The minimum absolute atomic E-state index is 0.587. The Bertz CT molecular complexity index is 131. The Labute approximate surface area is 103 Å². The van der Waals surface area contributed by atoms with Gasteiger partial charge in [-0.3, -0.25) is 4.90 Å². The molecule has 1 fully saturated rings. The molecule has 0 aromatic rings. The maximum absolute atomic E-state index is 5.18. The second-order valence-corrected chi connectivity index (χ2v) is 3.48. The van der Waals surface area contributed by atoms with E-state index in [4.69, 9.17) is 4.74 Å². The van der Waals surface area contributed by atoms with Crippen LogP contribution >= 0.6 is 0 Å². The van der Waals surface area contributed by atoms with Crippen LogP contribution < -0.4 is 0 Å². The lowest BCUT2D eigenvalue weighted by molar-refractivity contribution is 0.0426. The van der Waals surface area contributed by atoms with Crippen LogP contribution in [0.5, 0.6) is 0 Å². The maximum Gasteiger partial charge on any atom is 0.0630 e. The van der Waals surface area contributed by atoms with Gasteiger partial charge in [0.05, 0.1) is 6.61 Å². The first kappa shape index (κ1) is 18.3. The molecular weight excluding hydrogens is 200 g/mol. The molecule has 1 atom stereocenters. The van der Waals surface area contributed by atoms with Crippen LogP contribution in [0.1, 0.15) is 34.6 Å². The number of rotatable bonds is 3. The van der Waals surface area contributed by atoms with E-state index in [0.717, 1.165) is 19.7 Å². The van der Waals surface area contributed by atoms with Gasteiger partial charge in [0.15, 0.2) is 0 Å². The van der Waals surface area contributed by atoms with Gasteiger partial charge in [-0.15, -0.1) is 0 Å². The number of hydrogen-bond acceptors (Lipinski definition) is 3. The van der Waals surface area contributed by atoms with E-state index in [2.05, 4.69) is 23.8 Å². The average Bonchev–Trinajstić information content (AvgIpc) is 2.37. The van der Waals surface area contributed by atoms with Gasteiger partial charge in [0.2, 0.25) is 0 Å². The van der Waals surface area contributed by atoms with E-state index >= 15 is 0 Å². The molecule has 0 aromatic heterocycles. The lowest BCUT2D eigenvalue weighted by Gasteiger charge is -2.38. The molecule has 0 aromatic carbocycles. The largest absolute Gasteiger partial charge is 0.383 e. The molecule has 100 valence electrons. The van der Waals surface area contributed by atoms with Crippen molar-refractivity contribution in [3.63, 3.8) is 0 Å². The number of methoxy groups -OCH3 is 1. The molecule has 1 unspecified atom stereocenters. The summed E-state index contributed by atoms with van der Waals surface area (Å²) in [6.45, 7) is 15.8. The lowest BCUT2D eigenvalue weighted by Crippen LogP contribution is -2.52. The van der Waals surface area contributed by atoms with Gasteiger partial charge in [0.25, 0.3) is 0 Å². The summed E-state index contributed by atoms with van der Waals surface area (Å²) >= 11 is 0. The SMILES string of the molecule is CC.CC.CCN1CCN(C)C(COC)C1. The predicted octanol–water partition coefficient (Wildman–Crippen LogP) is 2.32. The second-order valence-electron chi connectivity index (χ2n) is 3.48. The third-order valence-electron chi connectivity index (χ3n) is 2.67. The van der Waals surface area contributed by atoms with E-state index in [1.165, 1.54) is 13.1 Å². The van der Waals surface area contributed by atoms with Gasteiger partial charge in [-0.05, 0) is 13.6 Å². The smallest absolute Gasteiger partial charge is 0.0630 e. The number of ether oxygens (including phenoxy) is 1. The van der Waals surface area contributed by atoms with Crippen molar-refractivity contribution in [2.75, 3.05) is 46.9 Å². The van der Waals surface area contributed by atoms with Gasteiger partial charge in [-0.2, -0.15) is 0 Å². The molecule has 0 saturated carbocycles. The van der Waals surface area contributed by atoms with E-state index in [-0.39, 0.29) is 0 Å². The zero-order chi connectivity index (χ0) is 13.0. The van der Waals surface area contributed by atoms with Crippen molar-refractivity contribution in [2.45, 2.75) is 40.7 Å². The predicted molar refractivity (Wildman–Crippen MR) is 73.1 cm³/mol. The Kier molecular flexibility index (Phi) is 14.8. The van der Waals surface area contributed by atoms with Crippen LogP contribution in [0.4, 0.5) is 0 Å². The van der Waals surface area contributed by atoms with Crippen LogP contribution in [0.2, 0.25) is 0 Å². The van der Waals surface area contributed by atoms with Crippen LogP contribution in [0.25, 0.3) is 0 Å². The number of likely N-dealkylation sites (N-methyl/N-ethyl adjacent to an activating group) is 2. The van der Waals surface area contributed by atoms with Gasteiger partial charge in [0.1, 0.15) is 0 Å². The van der Waals surface area contributed by atoms with Crippen molar-refractivity contribution in [3.05, 3.63) is 0 Å². The molecule has 0 N–H and O–H groups in total. The molecule has 0 aliphatic carbocycles. The molecule has 1 saturated heterocycles. The molecule has 0 bridgehead atoms. The average molecular weight is 232 g/mol. The Balaban J connectivity index is 0. The third kappa shape index (κ3) is 7.20. The van der Waals surface area contributed by atoms with Crippen LogP contribution in [0.3, 0.4) is 0 Å². The standard InChI is InChI=1S/C9H20N2O.2C2H6/c1-4-11-6-5-10(2)9(7-11)8-12-3;2*1-2/h9H,4-8H2,1-3H3;2*1-2H3. The molecule has 3 heteroatoms. The van der Waals surface area contributed by atoms with Crippen molar-refractivity contribution in [1.29, 1.82) is 0 Å². The quantitative estimate of drug-likeness (QED) is 0.743. The molecule has 1 heterocycles. The number of nitrogens with zero attached hydrogens (tertiary/aromatic N) is 2. The highest BCUT2D eigenvalue weighted by molar-refractivity contribution is 4.78. The summed E-state index contributed by atoms with van der Waals surface area (Å²) in [5.74, 6) is 0. The normalized spacial score (nSPS) is 21.6. The zero-order valence-corrected chi connectivity index (χ0v) is 12.4. The zero-order valence-electron chi connectivity index (χ0n) is 12.4. The van der Waals surface area contributed by atoms with Gasteiger partial charge in [0, 0.05) is 32.8 Å². The van der Waals surface area contributed by atoms with Gasteiger partial charge in [-0.1, -0.05) is 34.6 Å². The summed E-state index contributed by atoms with van der Waals surface area (Å²) in [7, 11) is 3.95. The first-order valence-corrected chi connectivity index (χ1v) is 6.69. The van der Waals surface area contributed by atoms with Crippen molar-refractivity contribution < 1.29 is 4.74 Å². The monoisotopic (exact) mass is 232 g/mol. The minimum Gasteiger partial charge on any atom is -0.383 e. The molecule has 0 spiro atoms. The molecule has 3 nitrogen and oxygen atoms in total. The minimum atomic E-state index is 0.587. The van der Waals surface area contributed by atoms with Gasteiger partial charge in [-0.25, -0.2) is 0 Å². The second kappa shape index (κ2) is 12.9. The maximum atomic E-state index is 5.18. The van der Waals surface area contributed by atoms with E-state index in [9.17, 15) is 0 Å². The van der Waals surface area contributed by atoms with Crippen LogP contribution in [-0.2, 0) is 4.74 Å². The van der Waals surface area contributed by atoms with Crippen molar-refractivity contribution in [3.8, 4) is 0 Å². The van der Waals surface area contributed by atoms with Crippen molar-refractivity contribution in [1.82, 2.24) is 9.80 Å². The van der Waals surface area contributed by atoms with E-state index in [0.29, 0.717) is 6.04 Å². The highest BCUT2D eigenvalue weighted by atomic mass is 16.5. The van der Waals surface area contributed by atoms with Gasteiger partial charge < -0.3 is 9.64 Å². The highest BCUT2D eigenvalue weighted by Gasteiger charge is 2.22. The summed E-state index contributed by atoms with van der Waals surface area (Å²) in [4.78, 5) is 4.86. The van der Waals surface area contributed by atoms with E-state index < -0.39 is 0 Å². The Morgan fingerprint density at radius 3 is 2.12 bits per heavy atom. The summed E-state index contributed by atoms with van der Waals surface area (Å²) in [6, 6.07) is 0.587. The molecule has 1 aliphatic heterocycles. The fourth-order valence-corrected chi connectivity index (χ4v) is 1.67. The fraction of sp³-hybridized carbons (Fsp3) is 1.00. The van der Waals surface area contributed by atoms with Crippen molar-refractivity contribution in [2.24, 2.45) is 0 Å². The van der Waals surface area contributed by atoms with Crippen LogP contribution in [0.15, 0.2) is 0 Å². The van der Waals surface area contributed by atoms with E-state index in [1.54, 1.807) is 7.11 Å². The fourth-order valence-electron chi connectivity index (χ4n) is 1.67. The Morgan fingerprint density at radius 1 is 1.12 bits per heavy atom. The Hall–Kier alpha value is -0.120. The summed E-state index contributed by atoms with van der Waals surface area (Å²) in [5.41, 5.74) is 0. The lowest BCUT2D eigenvalue weighted by atomic mass is 10.2. The number of piperazine rings is 1. The first-order chi connectivity index (χ1) is 7.77. The topological polar surface area (TPSA) is 15.7 Å². The van der Waals surface area contributed by atoms with Crippen LogP contribution in [0, 0.1) is 0 Å². The molecule has 1 rings (SSSR count). The Morgan fingerprint density at radius 2 is 1.69 bits per heavy atom. The molecular formula is C13H32N2O. The molecule has 1 aliphatic rings. The first-order valence-electron chi connectivity index (χ1n) is 6.69. The molecule has 16 heavy (non-hydrogen) atoms. The van der Waals surface area contributed by atoms with Crippen molar-refractivity contribution >= 4 is 0 Å². The number of hydrogen-bond donors (Lipinski definition) is 0. The molecule has 0 radical (unpaired) electrons.